The highest BCUT2D eigenvalue weighted by molar-refractivity contribution is 14.1. The number of hydrogen-bond acceptors (Lipinski definition) is 0. The minimum Gasteiger partial charge on any atom is -0.0619 e. The zero-order chi connectivity index (χ0) is 15.6. The summed E-state index contributed by atoms with van der Waals surface area (Å²) in [6, 6.07) is 26.7. The standard InChI is InChI=1S/C21H12I2/c22-19-15-9-3-6-12-18(15)21(20(19)23)16-10-4-1-7-13(16)14-8-2-5-11-17(14)21/h1-12H. The van der Waals surface area contributed by atoms with Crippen LogP contribution >= 0.6 is 45.2 Å². The molecule has 0 aromatic heterocycles. The molecular weight excluding hydrogens is 506 g/mol. The maximum atomic E-state index is 2.57. The summed E-state index contributed by atoms with van der Waals surface area (Å²) in [7, 11) is 0. The number of rotatable bonds is 0. The van der Waals surface area contributed by atoms with Crippen molar-refractivity contribution in [3.63, 3.8) is 0 Å². The first-order valence-corrected chi connectivity index (χ1v) is 9.77. The molecule has 5 rings (SSSR count). The summed E-state index contributed by atoms with van der Waals surface area (Å²) < 4.78 is 2.81. The van der Waals surface area contributed by atoms with Crippen LogP contribution in [0.4, 0.5) is 0 Å². The maximum Gasteiger partial charge on any atom is 0.0787 e. The highest BCUT2D eigenvalue weighted by atomic mass is 127. The minimum absolute atomic E-state index is 0.124. The van der Waals surface area contributed by atoms with Crippen LogP contribution in [0.25, 0.3) is 14.7 Å². The van der Waals surface area contributed by atoms with Crippen LogP contribution in [0.1, 0.15) is 22.3 Å². The smallest absolute Gasteiger partial charge is 0.0619 e. The molecule has 0 nitrogen and oxygen atoms in total. The SMILES string of the molecule is IC1=C(I)C2(c3ccccc31)c1ccccc1-c1ccccc12. The minimum atomic E-state index is -0.124. The zero-order valence-electron chi connectivity index (χ0n) is 12.2. The van der Waals surface area contributed by atoms with Crippen molar-refractivity contribution >= 4 is 48.8 Å². The third-order valence-corrected chi connectivity index (χ3v) is 8.54. The molecule has 0 radical (unpaired) electrons. The molecule has 0 saturated heterocycles. The molecule has 0 N–H and O–H groups in total. The summed E-state index contributed by atoms with van der Waals surface area (Å²) in [5, 5.41) is 0. The van der Waals surface area contributed by atoms with Gasteiger partial charge in [0.2, 0.25) is 0 Å². The van der Waals surface area contributed by atoms with Crippen molar-refractivity contribution < 1.29 is 0 Å². The van der Waals surface area contributed by atoms with E-state index in [4.69, 9.17) is 0 Å². The molecule has 0 aliphatic heterocycles. The van der Waals surface area contributed by atoms with Crippen molar-refractivity contribution in [1.29, 1.82) is 0 Å². The molecule has 0 saturated carbocycles. The van der Waals surface area contributed by atoms with Crippen LogP contribution < -0.4 is 0 Å². The lowest BCUT2D eigenvalue weighted by Gasteiger charge is -2.29. The molecule has 0 amide bonds. The van der Waals surface area contributed by atoms with E-state index in [-0.39, 0.29) is 5.41 Å². The van der Waals surface area contributed by atoms with Crippen molar-refractivity contribution in [2.45, 2.75) is 5.41 Å². The van der Waals surface area contributed by atoms with Gasteiger partial charge < -0.3 is 0 Å². The first kappa shape index (κ1) is 14.2. The molecular formula is C21H12I2. The average molecular weight is 518 g/mol. The first-order chi connectivity index (χ1) is 11.3. The van der Waals surface area contributed by atoms with E-state index in [0.717, 1.165) is 0 Å². The summed E-state index contributed by atoms with van der Waals surface area (Å²) in [6.45, 7) is 0. The third-order valence-electron chi connectivity index (χ3n) is 5.04. The number of benzene rings is 3. The largest absolute Gasteiger partial charge is 0.0787 e. The van der Waals surface area contributed by atoms with Crippen LogP contribution in [-0.2, 0) is 5.41 Å². The Kier molecular flexibility index (Phi) is 3.05. The molecule has 3 aromatic carbocycles. The average Bonchev–Trinajstić information content (AvgIpc) is 3.03. The molecule has 23 heavy (non-hydrogen) atoms. The lowest BCUT2D eigenvalue weighted by Crippen LogP contribution is -2.25. The Morgan fingerprint density at radius 1 is 0.522 bits per heavy atom. The third kappa shape index (κ3) is 1.61. The van der Waals surface area contributed by atoms with E-state index in [9.17, 15) is 0 Å². The van der Waals surface area contributed by atoms with Gasteiger partial charge in [-0.3, -0.25) is 0 Å². The molecule has 0 atom stereocenters. The molecule has 0 fully saturated rings. The van der Waals surface area contributed by atoms with Gasteiger partial charge in [0.15, 0.2) is 0 Å². The summed E-state index contributed by atoms with van der Waals surface area (Å²) >= 11 is 5.09. The monoisotopic (exact) mass is 518 g/mol. The van der Waals surface area contributed by atoms with Crippen LogP contribution in [0, 0.1) is 0 Å². The maximum absolute atomic E-state index is 2.57. The van der Waals surface area contributed by atoms with Crippen molar-refractivity contribution in [2.75, 3.05) is 0 Å². The fourth-order valence-corrected chi connectivity index (χ4v) is 6.20. The van der Waals surface area contributed by atoms with E-state index in [1.54, 1.807) is 0 Å². The molecule has 1 spiro atoms. The lowest BCUT2D eigenvalue weighted by molar-refractivity contribution is 0.816. The summed E-state index contributed by atoms with van der Waals surface area (Å²) in [6.07, 6.45) is 0. The quantitative estimate of drug-likeness (QED) is 0.296. The van der Waals surface area contributed by atoms with E-state index < -0.39 is 0 Å². The molecule has 0 unspecified atom stereocenters. The van der Waals surface area contributed by atoms with Crippen molar-refractivity contribution in [3.05, 3.63) is 98.6 Å². The van der Waals surface area contributed by atoms with E-state index >= 15 is 0 Å². The molecule has 0 heterocycles. The second-order valence-corrected chi connectivity index (χ2v) is 8.17. The highest BCUT2D eigenvalue weighted by Gasteiger charge is 2.51. The van der Waals surface area contributed by atoms with Gasteiger partial charge in [0.05, 0.1) is 5.41 Å². The van der Waals surface area contributed by atoms with Gasteiger partial charge in [-0.15, -0.1) is 0 Å². The molecule has 2 aliphatic carbocycles. The Balaban J connectivity index is 2.02. The number of fused-ring (bicyclic) bond motifs is 7. The Labute approximate surface area is 162 Å². The molecule has 110 valence electrons. The van der Waals surface area contributed by atoms with Crippen LogP contribution in [0.15, 0.2) is 76.4 Å². The fraction of sp³-hybridized carbons (Fsp3) is 0.0476. The van der Waals surface area contributed by atoms with Crippen LogP contribution in [0.5, 0.6) is 0 Å². The Hall–Kier alpha value is -1.14. The van der Waals surface area contributed by atoms with Gasteiger partial charge in [-0.05, 0) is 78.6 Å². The normalized spacial score (nSPS) is 16.4. The highest BCUT2D eigenvalue weighted by Crippen LogP contribution is 2.64. The molecule has 3 aromatic rings. The second kappa shape index (κ2) is 4.93. The van der Waals surface area contributed by atoms with Crippen molar-refractivity contribution in [2.24, 2.45) is 0 Å². The van der Waals surface area contributed by atoms with Crippen LogP contribution in [0.3, 0.4) is 0 Å². The van der Waals surface area contributed by atoms with Gasteiger partial charge in [0.1, 0.15) is 0 Å². The second-order valence-electron chi connectivity index (χ2n) is 6.01. The van der Waals surface area contributed by atoms with E-state index in [0.29, 0.717) is 0 Å². The first-order valence-electron chi connectivity index (χ1n) is 7.61. The summed E-state index contributed by atoms with van der Waals surface area (Å²) in [5.74, 6) is 0. The van der Waals surface area contributed by atoms with Crippen LogP contribution in [0.2, 0.25) is 0 Å². The number of allylic oxidation sites excluding steroid dienone is 1. The van der Waals surface area contributed by atoms with Crippen LogP contribution in [-0.4, -0.2) is 0 Å². The predicted octanol–water partition coefficient (Wildman–Crippen LogP) is 6.55. The number of hydrogen-bond donors (Lipinski definition) is 0. The van der Waals surface area contributed by atoms with E-state index in [2.05, 4.69) is 118 Å². The fourth-order valence-electron chi connectivity index (χ4n) is 4.16. The van der Waals surface area contributed by atoms with Gasteiger partial charge in [-0.25, -0.2) is 0 Å². The van der Waals surface area contributed by atoms with Gasteiger partial charge in [0, 0.05) is 7.16 Å². The predicted molar refractivity (Wildman–Crippen MR) is 113 cm³/mol. The number of halogens is 2. The Bertz CT molecular complexity index is 952. The summed E-state index contributed by atoms with van der Waals surface area (Å²) in [4.78, 5) is 0. The Morgan fingerprint density at radius 2 is 0.913 bits per heavy atom. The topological polar surface area (TPSA) is 0 Å². The van der Waals surface area contributed by atoms with Gasteiger partial charge in [0.25, 0.3) is 0 Å². The van der Waals surface area contributed by atoms with E-state index in [1.807, 2.05) is 0 Å². The molecule has 2 heteroatoms. The van der Waals surface area contributed by atoms with Gasteiger partial charge in [-0.1, -0.05) is 72.8 Å². The molecule has 2 aliphatic rings. The summed E-state index contributed by atoms with van der Waals surface area (Å²) in [5.41, 5.74) is 8.27. The lowest BCUT2D eigenvalue weighted by atomic mass is 9.74. The van der Waals surface area contributed by atoms with Crippen molar-refractivity contribution in [1.82, 2.24) is 0 Å². The molecule has 0 bridgehead atoms. The van der Waals surface area contributed by atoms with Gasteiger partial charge >= 0.3 is 0 Å². The van der Waals surface area contributed by atoms with Crippen molar-refractivity contribution in [3.8, 4) is 11.1 Å². The van der Waals surface area contributed by atoms with Gasteiger partial charge in [-0.2, -0.15) is 0 Å². The zero-order valence-corrected chi connectivity index (χ0v) is 16.5. The Morgan fingerprint density at radius 3 is 1.43 bits per heavy atom. The van der Waals surface area contributed by atoms with E-state index in [1.165, 1.54) is 40.5 Å².